The van der Waals surface area contributed by atoms with Gasteiger partial charge < -0.3 is 95.6 Å². The first kappa shape index (κ1) is 60.8. The van der Waals surface area contributed by atoms with Gasteiger partial charge in [0.2, 0.25) is 0 Å². The summed E-state index contributed by atoms with van der Waals surface area (Å²) in [6, 6.07) is 21.3. The molecule has 0 aliphatic heterocycles. The van der Waals surface area contributed by atoms with Gasteiger partial charge in [0, 0.05) is 47.5 Å². The number of phenols is 4. The maximum absolute atomic E-state index is 12.5. The lowest BCUT2D eigenvalue weighted by molar-refractivity contribution is -0.0287. The molecule has 6 aromatic rings. The summed E-state index contributed by atoms with van der Waals surface area (Å²) in [5.74, 6) is 0.736. The van der Waals surface area contributed by atoms with E-state index in [1.54, 1.807) is 48.5 Å². The molecule has 4 aromatic carbocycles. The third-order valence-corrected chi connectivity index (χ3v) is 11.0. The molecule has 0 saturated heterocycles. The van der Waals surface area contributed by atoms with E-state index in [-0.39, 0.29) is 44.9 Å². The number of hydrogen-bond acceptors (Lipinski definition) is 22. The van der Waals surface area contributed by atoms with E-state index in [2.05, 4.69) is 0 Å². The van der Waals surface area contributed by atoms with Crippen molar-refractivity contribution in [2.45, 2.75) is 0 Å². The summed E-state index contributed by atoms with van der Waals surface area (Å²) in [6.07, 6.45) is 0. The molecule has 0 atom stereocenters. The van der Waals surface area contributed by atoms with Crippen LogP contribution in [0.2, 0.25) is 0 Å². The quantitative estimate of drug-likeness (QED) is 0.0334. The smallest absolute Gasteiger partial charge is 0.197 e. The maximum Gasteiger partial charge on any atom is 0.197 e. The van der Waals surface area contributed by atoms with Crippen LogP contribution in [0, 0.1) is 0 Å². The third-order valence-electron chi connectivity index (χ3n) is 11.0. The fraction of sp³-hybridized carbons (Fsp3) is 0.464. The molecule has 2 heterocycles. The van der Waals surface area contributed by atoms with E-state index in [0.29, 0.717) is 206 Å². The molecule has 4 N–H and O–H groups in total. The lowest BCUT2D eigenvalue weighted by Gasteiger charge is -2.10. The molecule has 0 amide bonds. The van der Waals surface area contributed by atoms with Crippen molar-refractivity contribution >= 4 is 21.9 Å². The number of aromatic hydroxyl groups is 4. The summed E-state index contributed by atoms with van der Waals surface area (Å²) in [5.41, 5.74) is 0.614. The number of hydrogen-bond donors (Lipinski definition) is 4. The second-order valence-electron chi connectivity index (χ2n) is 16.7. The van der Waals surface area contributed by atoms with Crippen LogP contribution >= 0.6 is 0 Å². The van der Waals surface area contributed by atoms with Crippen LogP contribution in [0.1, 0.15) is 0 Å². The van der Waals surface area contributed by atoms with E-state index >= 15 is 0 Å². The van der Waals surface area contributed by atoms with Crippen LogP contribution in [0.15, 0.2) is 103 Å². The molecule has 2 aromatic heterocycles. The average Bonchev–Trinajstić information content (AvgIpc) is 3.50. The summed E-state index contributed by atoms with van der Waals surface area (Å²) in [4.78, 5) is 25.0. The van der Waals surface area contributed by atoms with Gasteiger partial charge in [-0.1, -0.05) is 0 Å². The Kier molecular flexibility index (Phi) is 28.0. The second kappa shape index (κ2) is 35.9. The van der Waals surface area contributed by atoms with Crippen molar-refractivity contribution in [2.75, 3.05) is 172 Å². The van der Waals surface area contributed by atoms with Gasteiger partial charge in [-0.05, 0) is 48.5 Å². The van der Waals surface area contributed by atoms with Crippen molar-refractivity contribution in [3.8, 4) is 57.1 Å². The minimum atomic E-state index is -0.417. The van der Waals surface area contributed by atoms with Crippen molar-refractivity contribution in [1.29, 1.82) is 0 Å². The highest BCUT2D eigenvalue weighted by atomic mass is 16.6. The van der Waals surface area contributed by atoms with Crippen LogP contribution in [0.3, 0.4) is 0 Å². The topological polar surface area (TPSA) is 271 Å². The Morgan fingerprint density at radius 3 is 0.769 bits per heavy atom. The molecule has 0 saturated carbocycles. The summed E-state index contributed by atoms with van der Waals surface area (Å²) in [7, 11) is 0. The lowest BCUT2D eigenvalue weighted by atomic mass is 10.1. The zero-order chi connectivity index (χ0) is 54.8. The predicted molar refractivity (Wildman–Crippen MR) is 283 cm³/mol. The van der Waals surface area contributed by atoms with E-state index in [4.69, 9.17) is 75.2 Å². The molecule has 0 spiro atoms. The number of rotatable bonds is 43. The molecular formula is C56H70O22. The zero-order valence-corrected chi connectivity index (χ0v) is 43.6. The van der Waals surface area contributed by atoms with E-state index in [0.717, 1.165) is 12.1 Å². The monoisotopic (exact) mass is 1090 g/mol. The van der Waals surface area contributed by atoms with Gasteiger partial charge in [0.1, 0.15) is 81.2 Å². The van der Waals surface area contributed by atoms with Crippen LogP contribution in [-0.4, -0.2) is 192 Å². The first-order valence-corrected chi connectivity index (χ1v) is 25.6. The highest BCUT2D eigenvalue weighted by Gasteiger charge is 2.14. The van der Waals surface area contributed by atoms with Gasteiger partial charge in [0.25, 0.3) is 0 Å². The zero-order valence-electron chi connectivity index (χ0n) is 43.6. The van der Waals surface area contributed by atoms with Crippen LogP contribution in [-0.2, 0) is 56.8 Å². The van der Waals surface area contributed by atoms with Gasteiger partial charge in [-0.2, -0.15) is 0 Å². The highest BCUT2D eigenvalue weighted by molar-refractivity contribution is 5.87. The largest absolute Gasteiger partial charge is 0.508 e. The van der Waals surface area contributed by atoms with Crippen LogP contribution < -0.4 is 20.3 Å². The Morgan fingerprint density at radius 2 is 0.526 bits per heavy atom. The van der Waals surface area contributed by atoms with Crippen LogP contribution in [0.5, 0.6) is 34.5 Å². The van der Waals surface area contributed by atoms with Crippen molar-refractivity contribution < 1.29 is 95.6 Å². The molecule has 0 unspecified atom stereocenters. The fourth-order valence-electron chi connectivity index (χ4n) is 7.18. The summed E-state index contributed by atoms with van der Waals surface area (Å²) in [5, 5.41) is 39.5. The van der Waals surface area contributed by atoms with Gasteiger partial charge in [0.05, 0.1) is 159 Å². The molecular weight excluding hydrogens is 1020 g/mol. The first-order valence-electron chi connectivity index (χ1n) is 25.6. The Morgan fingerprint density at radius 1 is 0.295 bits per heavy atom. The van der Waals surface area contributed by atoms with Crippen LogP contribution in [0.25, 0.3) is 44.6 Å². The molecule has 22 nitrogen and oxygen atoms in total. The fourth-order valence-corrected chi connectivity index (χ4v) is 7.18. The van der Waals surface area contributed by atoms with Gasteiger partial charge in [-0.3, -0.25) is 9.59 Å². The van der Waals surface area contributed by atoms with E-state index in [9.17, 15) is 30.0 Å². The number of ether oxygens (including phenoxy) is 14. The SMILES string of the molecule is O=c1cc(-c2ccc(OCCOCCOCCOCCOCCOCCOCCOCCOCCOCCOCCOCCOCCOc3ccc(-c4cc(=O)c5c(O)cc(O)cc5o4)cc3)cc2)oc2cc(O)cc(O)c12. The standard InChI is InChI=1S/C56H70O22/c57-43-35-47(59)55-49(61)39-51(77-53(55)37-43)41-1-5-45(6-2-41)75-33-31-73-29-27-71-25-23-69-21-19-67-17-15-65-13-11-63-9-10-64-12-14-66-16-18-68-20-22-70-24-26-72-28-30-74-32-34-76-46-7-3-42(4-8-46)52-40-50(62)56-48(60)36-44(58)38-54(56)78-52/h1-8,35-40,57-60H,9-34H2. The number of fused-ring (bicyclic) bond motifs is 2. The van der Waals surface area contributed by atoms with Crippen molar-refractivity contribution in [3.05, 3.63) is 105 Å². The van der Waals surface area contributed by atoms with Crippen LogP contribution in [0.4, 0.5) is 0 Å². The van der Waals surface area contributed by atoms with Crippen molar-refractivity contribution in [1.82, 2.24) is 0 Å². The highest BCUT2D eigenvalue weighted by Crippen LogP contribution is 2.32. The molecule has 0 fully saturated rings. The average molecular weight is 1100 g/mol. The molecule has 22 heteroatoms. The van der Waals surface area contributed by atoms with Gasteiger partial charge in [-0.25, -0.2) is 0 Å². The van der Waals surface area contributed by atoms with E-state index in [1.807, 2.05) is 0 Å². The summed E-state index contributed by atoms with van der Waals surface area (Å²) in [6.45, 7) is 11.3. The minimum Gasteiger partial charge on any atom is -0.508 e. The number of benzene rings is 4. The van der Waals surface area contributed by atoms with E-state index < -0.39 is 10.9 Å². The normalized spacial score (nSPS) is 11.5. The molecule has 426 valence electrons. The molecule has 6 rings (SSSR count). The Balaban J connectivity index is 0.594. The Hall–Kier alpha value is -6.38. The Bertz CT molecular complexity index is 2540. The molecule has 0 aliphatic rings. The maximum atomic E-state index is 12.5. The molecule has 78 heavy (non-hydrogen) atoms. The summed E-state index contributed by atoms with van der Waals surface area (Å²) < 4.78 is 89.3. The molecule has 0 radical (unpaired) electrons. The van der Waals surface area contributed by atoms with Gasteiger partial charge in [0.15, 0.2) is 10.9 Å². The van der Waals surface area contributed by atoms with Crippen molar-refractivity contribution in [3.63, 3.8) is 0 Å². The molecule has 0 aliphatic carbocycles. The number of phenolic OH excluding ortho intramolecular Hbond substituents is 4. The van der Waals surface area contributed by atoms with Crippen molar-refractivity contribution in [2.24, 2.45) is 0 Å². The lowest BCUT2D eigenvalue weighted by Crippen LogP contribution is -2.15. The molecule has 0 bridgehead atoms. The predicted octanol–water partition coefficient (Wildman–Crippen LogP) is 5.71. The third kappa shape index (κ3) is 22.5. The van der Waals surface area contributed by atoms with Gasteiger partial charge in [-0.15, -0.1) is 0 Å². The second-order valence-corrected chi connectivity index (χ2v) is 16.7. The van der Waals surface area contributed by atoms with E-state index in [1.165, 1.54) is 24.3 Å². The summed E-state index contributed by atoms with van der Waals surface area (Å²) >= 11 is 0. The Labute approximate surface area is 450 Å². The minimum absolute atomic E-state index is 0.00842. The first-order chi connectivity index (χ1) is 38.2. The van der Waals surface area contributed by atoms with Gasteiger partial charge >= 0.3 is 0 Å².